The summed E-state index contributed by atoms with van der Waals surface area (Å²) in [7, 11) is 2.29. The molecule has 0 aliphatic rings. The van der Waals surface area contributed by atoms with Crippen LogP contribution in [0.3, 0.4) is 0 Å². The Kier molecular flexibility index (Phi) is 5.17. The van der Waals surface area contributed by atoms with Gasteiger partial charge in [-0.05, 0) is 13.0 Å². The maximum atomic E-state index is 3.90. The van der Waals surface area contributed by atoms with E-state index in [0.717, 1.165) is 24.0 Å². The van der Waals surface area contributed by atoms with Crippen molar-refractivity contribution < 1.29 is 4.48 Å². The van der Waals surface area contributed by atoms with E-state index >= 15 is 0 Å². The molecule has 92 valence electrons. The van der Waals surface area contributed by atoms with Crippen molar-refractivity contribution in [1.29, 1.82) is 0 Å². The third kappa shape index (κ3) is 3.31. The quantitative estimate of drug-likeness (QED) is 0.491. The van der Waals surface area contributed by atoms with Gasteiger partial charge in [-0.3, -0.25) is 0 Å². The summed E-state index contributed by atoms with van der Waals surface area (Å²) in [6.07, 6.45) is 5.04. The number of benzene rings is 1. The Hall–Kier alpha value is -1.34. The highest BCUT2D eigenvalue weighted by Gasteiger charge is 2.30. The van der Waals surface area contributed by atoms with Crippen LogP contribution in [0.1, 0.15) is 24.9 Å². The second-order valence-electron chi connectivity index (χ2n) is 4.72. The van der Waals surface area contributed by atoms with E-state index in [1.54, 1.807) is 0 Å². The van der Waals surface area contributed by atoms with Gasteiger partial charge >= 0.3 is 0 Å². The molecule has 0 heterocycles. The van der Waals surface area contributed by atoms with Gasteiger partial charge in [-0.1, -0.05) is 43.0 Å². The zero-order valence-corrected chi connectivity index (χ0v) is 11.1. The number of likely N-dealkylation sites (N-methyl/N-ethyl adjacent to an activating group) is 1. The molecule has 1 nitrogen and oxygen atoms in total. The van der Waals surface area contributed by atoms with Crippen LogP contribution in [-0.2, 0) is 0 Å². The monoisotopic (exact) mass is 230 g/mol. The molecular formula is C16H24N+. The van der Waals surface area contributed by atoms with Gasteiger partial charge in [0.05, 0.1) is 20.1 Å². The van der Waals surface area contributed by atoms with E-state index in [1.807, 2.05) is 12.2 Å². The number of rotatable bonds is 7. The fraction of sp³-hybridized carbons (Fsp3) is 0.375. The van der Waals surface area contributed by atoms with Crippen LogP contribution in [0.25, 0.3) is 0 Å². The van der Waals surface area contributed by atoms with Gasteiger partial charge in [0.2, 0.25) is 0 Å². The van der Waals surface area contributed by atoms with E-state index in [2.05, 4.69) is 57.5 Å². The normalized spacial score (nSPS) is 15.9. The van der Waals surface area contributed by atoms with Crippen molar-refractivity contribution in [2.24, 2.45) is 0 Å². The number of quaternary nitrogens is 1. The Labute approximate surface area is 106 Å². The van der Waals surface area contributed by atoms with E-state index in [9.17, 15) is 0 Å². The molecular weight excluding hydrogens is 206 g/mol. The lowest BCUT2D eigenvalue weighted by Crippen LogP contribution is -2.46. The lowest BCUT2D eigenvalue weighted by atomic mass is 9.99. The maximum absolute atomic E-state index is 3.90. The summed E-state index contributed by atoms with van der Waals surface area (Å²) in [5.41, 5.74) is 1.39. The zero-order valence-electron chi connectivity index (χ0n) is 11.1. The summed E-state index contributed by atoms with van der Waals surface area (Å²) in [4.78, 5) is 0. The lowest BCUT2D eigenvalue weighted by molar-refractivity contribution is -0.932. The van der Waals surface area contributed by atoms with Crippen LogP contribution in [0.15, 0.2) is 55.6 Å². The van der Waals surface area contributed by atoms with E-state index in [1.165, 1.54) is 5.56 Å². The van der Waals surface area contributed by atoms with Crippen LogP contribution in [-0.4, -0.2) is 24.6 Å². The fourth-order valence-electron chi connectivity index (χ4n) is 2.36. The SMILES string of the molecule is C=CCC(c1ccccc1)[N+](C)(CC)CC=C. The Morgan fingerprint density at radius 2 is 1.82 bits per heavy atom. The molecule has 0 N–H and O–H groups in total. The van der Waals surface area contributed by atoms with Crippen LogP contribution < -0.4 is 0 Å². The predicted octanol–water partition coefficient (Wildman–Crippen LogP) is 3.96. The molecule has 0 aromatic heterocycles. The largest absolute Gasteiger partial charge is 0.317 e. The van der Waals surface area contributed by atoms with Crippen molar-refractivity contribution in [3.8, 4) is 0 Å². The summed E-state index contributed by atoms with van der Waals surface area (Å²) in [6, 6.07) is 11.2. The summed E-state index contributed by atoms with van der Waals surface area (Å²) in [5.74, 6) is 0. The van der Waals surface area contributed by atoms with Crippen molar-refractivity contribution in [3.05, 3.63) is 61.2 Å². The van der Waals surface area contributed by atoms with Gasteiger partial charge in [0, 0.05) is 12.0 Å². The summed E-state index contributed by atoms with van der Waals surface area (Å²) in [6.45, 7) is 12.1. The number of hydrogen-bond donors (Lipinski definition) is 0. The zero-order chi connectivity index (χ0) is 12.7. The van der Waals surface area contributed by atoms with Crippen molar-refractivity contribution >= 4 is 0 Å². The van der Waals surface area contributed by atoms with Gasteiger partial charge in [-0.15, -0.1) is 6.58 Å². The third-order valence-corrected chi connectivity index (χ3v) is 3.60. The molecule has 0 bridgehead atoms. The molecule has 0 radical (unpaired) electrons. The first-order valence-electron chi connectivity index (χ1n) is 6.29. The van der Waals surface area contributed by atoms with E-state index < -0.39 is 0 Å². The highest BCUT2D eigenvalue weighted by atomic mass is 15.3. The van der Waals surface area contributed by atoms with Crippen LogP contribution in [0, 0.1) is 0 Å². The van der Waals surface area contributed by atoms with Gasteiger partial charge in [0.15, 0.2) is 0 Å². The van der Waals surface area contributed by atoms with E-state index in [-0.39, 0.29) is 0 Å². The average Bonchev–Trinajstić information content (AvgIpc) is 2.37. The summed E-state index contributed by atoms with van der Waals surface area (Å²) >= 11 is 0. The fourth-order valence-corrected chi connectivity index (χ4v) is 2.36. The molecule has 2 unspecified atom stereocenters. The molecule has 0 aliphatic carbocycles. The molecule has 0 saturated heterocycles. The van der Waals surface area contributed by atoms with Crippen LogP contribution in [0.2, 0.25) is 0 Å². The molecule has 1 aromatic rings. The first kappa shape index (κ1) is 13.7. The Bertz CT molecular complexity index is 355. The molecule has 1 heteroatoms. The topological polar surface area (TPSA) is 0 Å². The molecule has 0 amide bonds. The van der Waals surface area contributed by atoms with Crippen molar-refractivity contribution in [3.63, 3.8) is 0 Å². The molecule has 2 atom stereocenters. The van der Waals surface area contributed by atoms with Gasteiger partial charge in [-0.2, -0.15) is 0 Å². The van der Waals surface area contributed by atoms with Crippen molar-refractivity contribution in [2.45, 2.75) is 19.4 Å². The molecule has 0 aliphatic heterocycles. The van der Waals surface area contributed by atoms with Crippen LogP contribution in [0.4, 0.5) is 0 Å². The second kappa shape index (κ2) is 6.41. The standard InChI is InChI=1S/C16H24N/c1-5-11-16(15-12-9-8-10-13-15)17(4,7-3)14-6-2/h5-6,8-10,12-13,16H,1-2,7,11,14H2,3-4H3/q+1. The van der Waals surface area contributed by atoms with Crippen LogP contribution >= 0.6 is 0 Å². The molecule has 1 rings (SSSR count). The smallest absolute Gasteiger partial charge is 0.118 e. The van der Waals surface area contributed by atoms with Crippen molar-refractivity contribution in [2.75, 3.05) is 20.1 Å². The van der Waals surface area contributed by atoms with Gasteiger partial charge in [-0.25, -0.2) is 0 Å². The summed E-state index contributed by atoms with van der Waals surface area (Å²) < 4.78 is 0.986. The van der Waals surface area contributed by atoms with Crippen LogP contribution in [0.5, 0.6) is 0 Å². The number of nitrogens with zero attached hydrogens (tertiary/aromatic N) is 1. The predicted molar refractivity (Wildman–Crippen MR) is 75.8 cm³/mol. The first-order valence-corrected chi connectivity index (χ1v) is 6.29. The number of hydrogen-bond acceptors (Lipinski definition) is 0. The highest BCUT2D eigenvalue weighted by molar-refractivity contribution is 5.18. The first-order chi connectivity index (χ1) is 8.18. The van der Waals surface area contributed by atoms with Gasteiger partial charge < -0.3 is 4.48 Å². The molecule has 0 fully saturated rings. The van der Waals surface area contributed by atoms with E-state index in [4.69, 9.17) is 0 Å². The van der Waals surface area contributed by atoms with E-state index in [0.29, 0.717) is 6.04 Å². The Morgan fingerprint density at radius 1 is 1.18 bits per heavy atom. The minimum absolute atomic E-state index is 0.469. The van der Waals surface area contributed by atoms with Crippen molar-refractivity contribution in [1.82, 2.24) is 0 Å². The third-order valence-electron chi connectivity index (χ3n) is 3.60. The van der Waals surface area contributed by atoms with Gasteiger partial charge in [0.25, 0.3) is 0 Å². The maximum Gasteiger partial charge on any atom is 0.118 e. The molecule has 1 aromatic carbocycles. The summed E-state index contributed by atoms with van der Waals surface area (Å²) in [5, 5.41) is 0. The Balaban J connectivity index is 3.06. The minimum atomic E-state index is 0.469. The molecule has 0 saturated carbocycles. The second-order valence-corrected chi connectivity index (χ2v) is 4.72. The molecule has 17 heavy (non-hydrogen) atoms. The van der Waals surface area contributed by atoms with Gasteiger partial charge in [0.1, 0.15) is 6.04 Å². The average molecular weight is 230 g/mol. The molecule has 0 spiro atoms. The minimum Gasteiger partial charge on any atom is -0.317 e. The highest BCUT2D eigenvalue weighted by Crippen LogP contribution is 2.30. The Morgan fingerprint density at radius 3 is 2.29 bits per heavy atom. The lowest BCUT2D eigenvalue weighted by Gasteiger charge is -2.40.